The van der Waals surface area contributed by atoms with Crippen molar-refractivity contribution < 1.29 is 26.4 Å². The molecule has 0 bridgehead atoms. The van der Waals surface area contributed by atoms with E-state index in [0.29, 0.717) is 19.4 Å². The number of hydrogen-bond acceptors (Lipinski definition) is 4. The summed E-state index contributed by atoms with van der Waals surface area (Å²) in [7, 11) is -5.44. The second-order valence-corrected chi connectivity index (χ2v) is 7.51. The van der Waals surface area contributed by atoms with Gasteiger partial charge in [-0.25, -0.2) is 8.42 Å². The van der Waals surface area contributed by atoms with E-state index < -0.39 is 20.2 Å². The van der Waals surface area contributed by atoms with E-state index in [1.807, 2.05) is 13.8 Å². The van der Waals surface area contributed by atoms with Crippen molar-refractivity contribution in [3.63, 3.8) is 0 Å². The van der Waals surface area contributed by atoms with Gasteiger partial charge in [0, 0.05) is 12.5 Å². The molecule has 0 saturated heterocycles. The third-order valence-electron chi connectivity index (χ3n) is 3.73. The maximum absolute atomic E-state index is 12.7. The fourth-order valence-corrected chi connectivity index (χ4v) is 3.16. The van der Waals surface area contributed by atoms with Crippen LogP contribution in [-0.2, 0) is 14.6 Å². The highest BCUT2D eigenvalue weighted by Gasteiger charge is 2.47. The molecule has 0 saturated carbocycles. The minimum absolute atomic E-state index is 0.132. The molecular formula is C16H23F3N2O3S. The largest absolute Gasteiger partial charge is 0.501 e. The second kappa shape index (κ2) is 8.55. The molecule has 0 aliphatic rings. The average molecular weight is 380 g/mol. The summed E-state index contributed by atoms with van der Waals surface area (Å²) in [6, 6.07) is 2.91. The number of halogens is 3. The van der Waals surface area contributed by atoms with Crippen molar-refractivity contribution >= 4 is 27.1 Å². The Bertz CT molecular complexity index is 703. The highest BCUT2D eigenvalue weighted by molar-refractivity contribution is 7.92. The molecule has 0 heterocycles. The second-order valence-electron chi connectivity index (χ2n) is 5.57. The first-order chi connectivity index (χ1) is 11.6. The van der Waals surface area contributed by atoms with E-state index in [9.17, 15) is 26.4 Å². The van der Waals surface area contributed by atoms with Crippen LogP contribution in [0.4, 0.5) is 24.5 Å². The number of nitrogens with one attached hydrogen (secondary N) is 2. The molecule has 0 radical (unpaired) electrons. The summed E-state index contributed by atoms with van der Waals surface area (Å²) >= 11 is 0. The summed E-state index contributed by atoms with van der Waals surface area (Å²) in [5.74, 6) is -0.451. The summed E-state index contributed by atoms with van der Waals surface area (Å²) in [6.07, 6.45) is 2.16. The fourth-order valence-electron chi connectivity index (χ4n) is 2.37. The number of carbonyl (C=O) groups is 1. The molecule has 1 rings (SSSR count). The predicted octanol–water partition coefficient (Wildman–Crippen LogP) is 4.18. The van der Waals surface area contributed by atoms with Crippen LogP contribution in [0.1, 0.15) is 40.0 Å². The van der Waals surface area contributed by atoms with Gasteiger partial charge in [-0.2, -0.15) is 13.2 Å². The quantitative estimate of drug-likeness (QED) is 0.710. The van der Waals surface area contributed by atoms with Gasteiger partial charge in [0.15, 0.2) is 0 Å². The molecule has 0 aromatic heterocycles. The lowest BCUT2D eigenvalue weighted by atomic mass is 10.00. The van der Waals surface area contributed by atoms with Crippen molar-refractivity contribution in [1.82, 2.24) is 0 Å². The standard InChI is InChI=1S/C16H23F3N2O3S/c1-4-7-11(5-2)15(22)21-13-9-8-12(10-14(13)20-6-3)25(23,24)16(17,18)19/h8-11,20H,4-7H2,1-3H3,(H,21,22). The number of carbonyl (C=O) groups excluding carboxylic acids is 1. The van der Waals surface area contributed by atoms with Gasteiger partial charge in [0.1, 0.15) is 0 Å². The molecule has 0 aliphatic carbocycles. The maximum atomic E-state index is 12.7. The van der Waals surface area contributed by atoms with Crippen molar-refractivity contribution in [1.29, 1.82) is 0 Å². The molecule has 5 nitrogen and oxygen atoms in total. The van der Waals surface area contributed by atoms with Gasteiger partial charge >= 0.3 is 5.51 Å². The summed E-state index contributed by atoms with van der Waals surface area (Å²) in [5, 5.41) is 5.46. The topological polar surface area (TPSA) is 75.3 Å². The average Bonchev–Trinajstić information content (AvgIpc) is 2.53. The Balaban J connectivity index is 3.20. The number of rotatable bonds is 8. The number of anilines is 2. The minimum Gasteiger partial charge on any atom is -0.384 e. The molecule has 142 valence electrons. The monoisotopic (exact) mass is 380 g/mol. The number of amides is 1. The van der Waals surface area contributed by atoms with Crippen LogP contribution in [0, 0.1) is 5.92 Å². The molecule has 1 atom stereocenters. The number of sulfone groups is 1. The van der Waals surface area contributed by atoms with Crippen molar-refractivity contribution in [2.45, 2.75) is 50.4 Å². The fraction of sp³-hybridized carbons (Fsp3) is 0.562. The van der Waals surface area contributed by atoms with Gasteiger partial charge in [-0.3, -0.25) is 4.79 Å². The highest BCUT2D eigenvalue weighted by Crippen LogP contribution is 2.34. The number of benzene rings is 1. The van der Waals surface area contributed by atoms with Gasteiger partial charge < -0.3 is 10.6 Å². The Kier molecular flexibility index (Phi) is 7.28. The Morgan fingerprint density at radius 2 is 1.80 bits per heavy atom. The van der Waals surface area contributed by atoms with E-state index in [2.05, 4.69) is 10.6 Å². The van der Waals surface area contributed by atoms with Crippen LogP contribution in [0.5, 0.6) is 0 Å². The normalized spacial score (nSPS) is 13.4. The molecule has 9 heteroatoms. The van der Waals surface area contributed by atoms with Gasteiger partial charge in [0.2, 0.25) is 5.91 Å². The van der Waals surface area contributed by atoms with Crippen LogP contribution in [0.2, 0.25) is 0 Å². The molecule has 1 unspecified atom stereocenters. The molecule has 1 aromatic carbocycles. The third-order valence-corrected chi connectivity index (χ3v) is 5.22. The Labute approximate surface area is 145 Å². The van der Waals surface area contributed by atoms with Crippen molar-refractivity contribution in [2.24, 2.45) is 5.92 Å². The highest BCUT2D eigenvalue weighted by atomic mass is 32.2. The van der Waals surface area contributed by atoms with E-state index in [4.69, 9.17) is 0 Å². The first kappa shape index (κ1) is 21.3. The zero-order chi connectivity index (χ0) is 19.3. The first-order valence-corrected chi connectivity index (χ1v) is 9.56. The summed E-state index contributed by atoms with van der Waals surface area (Å²) in [5.41, 5.74) is -4.99. The molecule has 0 spiro atoms. The van der Waals surface area contributed by atoms with Crippen LogP contribution in [0.25, 0.3) is 0 Å². The van der Waals surface area contributed by atoms with E-state index in [-0.39, 0.29) is 23.2 Å². The zero-order valence-electron chi connectivity index (χ0n) is 14.4. The Morgan fingerprint density at radius 3 is 2.28 bits per heavy atom. The molecule has 1 aromatic rings. The minimum atomic E-state index is -5.44. The van der Waals surface area contributed by atoms with Gasteiger partial charge in [-0.15, -0.1) is 0 Å². The molecular weight excluding hydrogens is 357 g/mol. The molecule has 2 N–H and O–H groups in total. The van der Waals surface area contributed by atoms with Gasteiger partial charge in [0.05, 0.1) is 16.3 Å². The Hall–Kier alpha value is -1.77. The summed E-state index contributed by atoms with van der Waals surface area (Å²) in [6.45, 7) is 5.90. The van der Waals surface area contributed by atoms with E-state index >= 15 is 0 Å². The molecule has 0 fully saturated rings. The van der Waals surface area contributed by atoms with E-state index in [1.54, 1.807) is 6.92 Å². The summed E-state index contributed by atoms with van der Waals surface area (Å²) in [4.78, 5) is 11.4. The van der Waals surface area contributed by atoms with Gasteiger partial charge in [-0.1, -0.05) is 20.3 Å². The lowest BCUT2D eigenvalue weighted by molar-refractivity contribution is -0.120. The molecule has 25 heavy (non-hydrogen) atoms. The van der Waals surface area contributed by atoms with Crippen LogP contribution in [0.15, 0.2) is 23.1 Å². The molecule has 1 amide bonds. The van der Waals surface area contributed by atoms with Crippen LogP contribution >= 0.6 is 0 Å². The predicted molar refractivity (Wildman–Crippen MR) is 91.2 cm³/mol. The van der Waals surface area contributed by atoms with Crippen molar-refractivity contribution in [3.05, 3.63) is 18.2 Å². The van der Waals surface area contributed by atoms with Crippen molar-refractivity contribution in [3.8, 4) is 0 Å². The number of hydrogen-bond donors (Lipinski definition) is 2. The maximum Gasteiger partial charge on any atom is 0.501 e. The zero-order valence-corrected chi connectivity index (χ0v) is 15.2. The van der Waals surface area contributed by atoms with Crippen LogP contribution in [-0.4, -0.2) is 26.4 Å². The SMILES string of the molecule is CCCC(CC)C(=O)Nc1ccc(S(=O)(=O)C(F)(F)F)cc1NCC. The van der Waals surface area contributed by atoms with Crippen LogP contribution in [0.3, 0.4) is 0 Å². The smallest absolute Gasteiger partial charge is 0.384 e. The Morgan fingerprint density at radius 1 is 1.16 bits per heavy atom. The lowest BCUT2D eigenvalue weighted by Gasteiger charge is -2.18. The third kappa shape index (κ3) is 5.10. The number of alkyl halides is 3. The van der Waals surface area contributed by atoms with Crippen molar-refractivity contribution in [2.75, 3.05) is 17.2 Å². The lowest BCUT2D eigenvalue weighted by Crippen LogP contribution is -2.24. The first-order valence-electron chi connectivity index (χ1n) is 8.08. The summed E-state index contributed by atoms with van der Waals surface area (Å²) < 4.78 is 61.2. The van der Waals surface area contributed by atoms with E-state index in [1.165, 1.54) is 6.07 Å². The van der Waals surface area contributed by atoms with Gasteiger partial charge in [-0.05, 0) is 38.0 Å². The van der Waals surface area contributed by atoms with Crippen LogP contribution < -0.4 is 10.6 Å². The van der Waals surface area contributed by atoms with E-state index in [0.717, 1.165) is 18.6 Å². The molecule has 0 aliphatic heterocycles. The van der Waals surface area contributed by atoms with Gasteiger partial charge in [0.25, 0.3) is 9.84 Å².